The van der Waals surface area contributed by atoms with Crippen LogP contribution in [0.3, 0.4) is 0 Å². The third-order valence-electron chi connectivity index (χ3n) is 5.10. The Bertz CT molecular complexity index is 651. The SMILES string of the molecule is CC(C)(C)O[Si](C)(C)[C@H](C#COC1CCCCC1)[C@@H](O)COCc1ccccc1. The van der Waals surface area contributed by atoms with Crippen molar-refractivity contribution >= 4 is 8.32 Å². The lowest BCUT2D eigenvalue weighted by Crippen LogP contribution is -2.47. The van der Waals surface area contributed by atoms with E-state index in [2.05, 4.69) is 25.1 Å². The first-order valence-corrected chi connectivity index (χ1v) is 13.8. The second-order valence-corrected chi connectivity index (χ2v) is 13.5. The fourth-order valence-corrected chi connectivity index (χ4v) is 7.05. The second kappa shape index (κ2) is 11.2. The molecule has 0 aliphatic heterocycles. The zero-order chi connectivity index (χ0) is 21.3. The minimum Gasteiger partial charge on any atom is -0.443 e. The largest absolute Gasteiger partial charge is 0.443 e. The van der Waals surface area contributed by atoms with Gasteiger partial charge in [0.1, 0.15) is 12.2 Å². The van der Waals surface area contributed by atoms with Crippen molar-refractivity contribution in [1.82, 2.24) is 0 Å². The first-order valence-electron chi connectivity index (χ1n) is 10.8. The molecule has 2 atom stereocenters. The van der Waals surface area contributed by atoms with Crippen LogP contribution in [0, 0.1) is 12.0 Å². The van der Waals surface area contributed by atoms with Gasteiger partial charge in [-0.2, -0.15) is 0 Å². The summed E-state index contributed by atoms with van der Waals surface area (Å²) in [5, 5.41) is 10.9. The fraction of sp³-hybridized carbons (Fsp3) is 0.667. The predicted molar refractivity (Wildman–Crippen MR) is 120 cm³/mol. The Labute approximate surface area is 178 Å². The zero-order valence-corrected chi connectivity index (χ0v) is 19.7. The van der Waals surface area contributed by atoms with Gasteiger partial charge in [-0.25, -0.2) is 0 Å². The van der Waals surface area contributed by atoms with Crippen molar-refractivity contribution < 1.29 is 19.0 Å². The number of aliphatic hydroxyl groups excluding tert-OH is 1. The van der Waals surface area contributed by atoms with Gasteiger partial charge in [0.15, 0.2) is 0 Å². The smallest absolute Gasteiger partial charge is 0.205 e. The summed E-state index contributed by atoms with van der Waals surface area (Å²) in [6.07, 6.45) is 8.27. The average molecular weight is 419 g/mol. The molecule has 0 aromatic heterocycles. The fourth-order valence-electron chi connectivity index (χ4n) is 3.92. The second-order valence-electron chi connectivity index (χ2n) is 9.49. The molecule has 0 heterocycles. The van der Waals surface area contributed by atoms with Crippen LogP contribution in [0.1, 0.15) is 58.4 Å². The van der Waals surface area contributed by atoms with Gasteiger partial charge in [-0.15, -0.1) is 0 Å². The third kappa shape index (κ3) is 8.92. The van der Waals surface area contributed by atoms with Gasteiger partial charge in [-0.3, -0.25) is 0 Å². The first kappa shape index (κ1) is 24.0. The standard InChI is InChI=1S/C24H38O4Si/c1-24(2,3)28-29(4,5)23(16-17-27-21-14-10-7-11-15-21)22(25)19-26-18-20-12-8-6-9-13-20/h6,8-9,12-13,21-23,25H,7,10-11,14-15,18-19H2,1-5H3/t22-,23+/m0/s1. The van der Waals surface area contributed by atoms with Gasteiger partial charge in [-0.1, -0.05) is 42.7 Å². The van der Waals surface area contributed by atoms with E-state index < -0.39 is 14.4 Å². The highest BCUT2D eigenvalue weighted by Crippen LogP contribution is 2.31. The number of ether oxygens (including phenoxy) is 2. The number of hydrogen-bond acceptors (Lipinski definition) is 4. The van der Waals surface area contributed by atoms with E-state index in [4.69, 9.17) is 13.9 Å². The third-order valence-corrected chi connectivity index (χ3v) is 8.26. The molecule has 5 heteroatoms. The lowest BCUT2D eigenvalue weighted by Gasteiger charge is -2.37. The molecular weight excluding hydrogens is 380 g/mol. The quantitative estimate of drug-likeness (QED) is 0.462. The molecule has 0 saturated heterocycles. The predicted octanol–water partition coefficient (Wildman–Crippen LogP) is 5.26. The van der Waals surface area contributed by atoms with Crippen LogP contribution >= 0.6 is 0 Å². The topological polar surface area (TPSA) is 47.9 Å². The van der Waals surface area contributed by atoms with E-state index in [1.54, 1.807) is 0 Å². The maximum Gasteiger partial charge on any atom is 0.205 e. The van der Waals surface area contributed by atoms with E-state index in [9.17, 15) is 5.11 Å². The molecule has 2 rings (SSSR count). The molecule has 1 N–H and O–H groups in total. The Hall–Kier alpha value is -1.32. The van der Waals surface area contributed by atoms with Crippen LogP contribution in [0.25, 0.3) is 0 Å². The maximum absolute atomic E-state index is 10.9. The highest BCUT2D eigenvalue weighted by atomic mass is 28.4. The summed E-state index contributed by atoms with van der Waals surface area (Å²) < 4.78 is 18.0. The van der Waals surface area contributed by atoms with Gasteiger partial charge in [-0.05, 0) is 65.1 Å². The van der Waals surface area contributed by atoms with Crippen molar-refractivity contribution in [3.8, 4) is 12.0 Å². The lowest BCUT2D eigenvalue weighted by molar-refractivity contribution is 0.0240. The van der Waals surface area contributed by atoms with Gasteiger partial charge in [0.2, 0.25) is 8.32 Å². The molecule has 1 fully saturated rings. The Kier molecular flexibility index (Phi) is 9.23. The summed E-state index contributed by atoms with van der Waals surface area (Å²) in [5.74, 6) is 3.21. The molecule has 4 nitrogen and oxygen atoms in total. The van der Waals surface area contributed by atoms with E-state index in [1.807, 2.05) is 51.1 Å². The molecule has 1 aliphatic carbocycles. The van der Waals surface area contributed by atoms with Crippen LogP contribution in [0.2, 0.25) is 18.6 Å². The van der Waals surface area contributed by atoms with Crippen molar-refractivity contribution in [2.45, 2.75) is 95.9 Å². The van der Waals surface area contributed by atoms with Gasteiger partial charge < -0.3 is 19.0 Å². The highest BCUT2D eigenvalue weighted by Gasteiger charge is 2.41. The van der Waals surface area contributed by atoms with E-state index in [0.717, 1.165) is 18.4 Å². The Morgan fingerprint density at radius 1 is 1.10 bits per heavy atom. The molecule has 0 bridgehead atoms. The van der Waals surface area contributed by atoms with Crippen molar-refractivity contribution in [3.05, 3.63) is 35.9 Å². The molecule has 1 aromatic carbocycles. The lowest BCUT2D eigenvalue weighted by atomic mass is 9.98. The molecule has 0 unspecified atom stereocenters. The normalized spacial score (nSPS) is 17.9. The van der Waals surface area contributed by atoms with Crippen molar-refractivity contribution in [3.63, 3.8) is 0 Å². The molecule has 1 saturated carbocycles. The Balaban J connectivity index is 2.02. The van der Waals surface area contributed by atoms with Gasteiger partial charge in [0.05, 0.1) is 24.9 Å². The van der Waals surface area contributed by atoms with Crippen LogP contribution in [0.4, 0.5) is 0 Å². The molecule has 162 valence electrons. The monoisotopic (exact) mass is 418 g/mol. The van der Waals surface area contributed by atoms with Gasteiger partial charge in [0.25, 0.3) is 0 Å². The molecule has 0 radical (unpaired) electrons. The minimum atomic E-state index is -2.33. The van der Waals surface area contributed by atoms with Crippen molar-refractivity contribution in [1.29, 1.82) is 0 Å². The van der Waals surface area contributed by atoms with Crippen LogP contribution in [-0.4, -0.2) is 37.8 Å². The Morgan fingerprint density at radius 3 is 2.38 bits per heavy atom. The van der Waals surface area contributed by atoms with Gasteiger partial charge >= 0.3 is 0 Å². The number of aliphatic hydroxyl groups is 1. The minimum absolute atomic E-state index is 0.219. The molecular formula is C24H38O4Si. The summed E-state index contributed by atoms with van der Waals surface area (Å²) >= 11 is 0. The molecule has 29 heavy (non-hydrogen) atoms. The summed E-state index contributed by atoms with van der Waals surface area (Å²) in [6, 6.07) is 9.98. The van der Waals surface area contributed by atoms with Gasteiger partial charge in [0, 0.05) is 5.60 Å². The van der Waals surface area contributed by atoms with Crippen molar-refractivity contribution in [2.75, 3.05) is 6.61 Å². The number of hydrogen-bond donors (Lipinski definition) is 1. The van der Waals surface area contributed by atoms with E-state index in [1.165, 1.54) is 19.3 Å². The maximum atomic E-state index is 10.9. The summed E-state index contributed by atoms with van der Waals surface area (Å²) in [6.45, 7) is 11.0. The average Bonchev–Trinajstić information content (AvgIpc) is 2.64. The van der Waals surface area contributed by atoms with Crippen LogP contribution in [0.15, 0.2) is 30.3 Å². The van der Waals surface area contributed by atoms with Crippen molar-refractivity contribution in [2.24, 2.45) is 0 Å². The highest BCUT2D eigenvalue weighted by molar-refractivity contribution is 6.73. The van der Waals surface area contributed by atoms with Crippen LogP contribution in [-0.2, 0) is 20.5 Å². The van der Waals surface area contributed by atoms with E-state index in [0.29, 0.717) is 6.61 Å². The van der Waals surface area contributed by atoms with Crippen LogP contribution in [0.5, 0.6) is 0 Å². The Morgan fingerprint density at radius 2 is 1.76 bits per heavy atom. The summed E-state index contributed by atoms with van der Waals surface area (Å²) in [5.41, 5.74) is 0.510. The van der Waals surface area contributed by atoms with Crippen LogP contribution < -0.4 is 0 Å². The summed E-state index contributed by atoms with van der Waals surface area (Å²) in [7, 11) is -2.33. The molecule has 1 aliphatic rings. The summed E-state index contributed by atoms with van der Waals surface area (Å²) in [4.78, 5) is 0. The van der Waals surface area contributed by atoms with E-state index in [-0.39, 0.29) is 23.9 Å². The zero-order valence-electron chi connectivity index (χ0n) is 18.7. The number of benzene rings is 1. The molecule has 0 amide bonds. The van der Waals surface area contributed by atoms with E-state index >= 15 is 0 Å². The molecule has 0 spiro atoms. The molecule has 1 aromatic rings. The number of rotatable bonds is 8. The first-order chi connectivity index (χ1) is 13.7.